The molecule has 0 fully saturated rings. The second kappa shape index (κ2) is 7.31. The van der Waals surface area contributed by atoms with E-state index in [2.05, 4.69) is 15.3 Å². The van der Waals surface area contributed by atoms with Crippen molar-refractivity contribution in [1.29, 1.82) is 0 Å². The lowest BCUT2D eigenvalue weighted by Gasteiger charge is -2.10. The maximum Gasteiger partial charge on any atom is 0.287 e. The molecule has 0 saturated carbocycles. The summed E-state index contributed by atoms with van der Waals surface area (Å²) in [6.45, 7) is 0.714. The number of carbonyl (C=O) groups is 3. The summed E-state index contributed by atoms with van der Waals surface area (Å²) in [7, 11) is 0. The van der Waals surface area contributed by atoms with E-state index in [0.717, 1.165) is 6.20 Å². The van der Waals surface area contributed by atoms with Crippen molar-refractivity contribution in [1.82, 2.24) is 20.6 Å². The van der Waals surface area contributed by atoms with Crippen molar-refractivity contribution in [3.63, 3.8) is 0 Å². The summed E-state index contributed by atoms with van der Waals surface area (Å²) in [4.78, 5) is 40.7. The molecule has 1 aromatic rings. The van der Waals surface area contributed by atoms with E-state index in [1.54, 1.807) is 0 Å². The van der Waals surface area contributed by atoms with Gasteiger partial charge in [0, 0.05) is 0 Å². The first-order chi connectivity index (χ1) is 9.85. The lowest BCUT2D eigenvalue weighted by atomic mass is 10.3. The molecule has 21 heavy (non-hydrogen) atoms. The van der Waals surface area contributed by atoms with Crippen LogP contribution in [0.25, 0.3) is 0 Å². The molecule has 0 aliphatic rings. The van der Waals surface area contributed by atoms with Crippen molar-refractivity contribution in [3.05, 3.63) is 23.3 Å². The van der Waals surface area contributed by atoms with E-state index in [-0.39, 0.29) is 17.1 Å². The predicted octanol–water partition coefficient (Wildman–Crippen LogP) is 0.00422. The highest BCUT2D eigenvalue weighted by molar-refractivity contribution is 5.95. The number of amides is 2. The first-order valence-corrected chi connectivity index (χ1v) is 5.63. The van der Waals surface area contributed by atoms with Gasteiger partial charge in [-0.05, 0) is 6.92 Å². The zero-order chi connectivity index (χ0) is 16.0. The molecule has 1 heterocycles. The summed E-state index contributed by atoms with van der Waals surface area (Å²) in [5.41, 5.74) is 0.0338. The quantitative estimate of drug-likeness (QED) is 0.569. The van der Waals surface area contributed by atoms with E-state index in [0.29, 0.717) is 6.29 Å². The van der Waals surface area contributed by atoms with Crippen molar-refractivity contribution in [2.24, 2.45) is 0 Å². The largest absolute Gasteiger partial charge is 0.342 e. The lowest BCUT2D eigenvalue weighted by molar-refractivity contribution is -0.124. The van der Waals surface area contributed by atoms with Gasteiger partial charge in [0.2, 0.25) is 12.2 Å². The van der Waals surface area contributed by atoms with Gasteiger partial charge in [0.25, 0.3) is 12.3 Å². The number of nitrogens with one attached hydrogen (secondary N) is 2. The number of hydrogen-bond donors (Lipinski definition) is 2. The molecular weight excluding hydrogens is 293 g/mol. The zero-order valence-corrected chi connectivity index (χ0v) is 10.8. The molecule has 114 valence electrons. The lowest BCUT2D eigenvalue weighted by Crippen LogP contribution is -2.43. The summed E-state index contributed by atoms with van der Waals surface area (Å²) < 4.78 is 36.2. The average molecular weight is 304 g/mol. The molecular formula is C11H11F3N4O3. The van der Waals surface area contributed by atoms with Gasteiger partial charge in [0.15, 0.2) is 6.29 Å². The van der Waals surface area contributed by atoms with Crippen molar-refractivity contribution in [3.8, 4) is 0 Å². The minimum Gasteiger partial charge on any atom is -0.342 e. The minimum absolute atomic E-state index is 0.0268. The van der Waals surface area contributed by atoms with Crippen molar-refractivity contribution in [2.75, 3.05) is 6.54 Å². The van der Waals surface area contributed by atoms with E-state index in [4.69, 9.17) is 0 Å². The number of carbonyl (C=O) groups excluding carboxylic acids is 3. The van der Waals surface area contributed by atoms with E-state index >= 15 is 0 Å². The number of aryl methyl sites for hydroxylation is 1. The van der Waals surface area contributed by atoms with Crippen LogP contribution in [0.15, 0.2) is 6.20 Å². The van der Waals surface area contributed by atoms with Gasteiger partial charge in [0.1, 0.15) is 11.4 Å². The first-order valence-electron chi connectivity index (χ1n) is 5.63. The van der Waals surface area contributed by atoms with Gasteiger partial charge in [-0.2, -0.15) is 0 Å². The van der Waals surface area contributed by atoms with Crippen LogP contribution in [-0.4, -0.2) is 47.3 Å². The summed E-state index contributed by atoms with van der Waals surface area (Å²) in [6.07, 6.45) is -4.65. The molecule has 1 atom stereocenters. The minimum atomic E-state index is -3.35. The third kappa shape index (κ3) is 4.82. The van der Waals surface area contributed by atoms with Gasteiger partial charge >= 0.3 is 0 Å². The second-order valence-corrected chi connectivity index (χ2v) is 3.83. The molecule has 1 aromatic heterocycles. The Morgan fingerprint density at radius 3 is 2.57 bits per heavy atom. The number of alkyl halides is 3. The average Bonchev–Trinajstić information content (AvgIpc) is 2.44. The molecule has 0 bridgehead atoms. The molecule has 1 unspecified atom stereocenters. The van der Waals surface area contributed by atoms with Crippen LogP contribution in [-0.2, 0) is 4.79 Å². The van der Waals surface area contributed by atoms with E-state index in [1.807, 2.05) is 0 Å². The van der Waals surface area contributed by atoms with Crippen LogP contribution in [0.5, 0.6) is 0 Å². The summed E-state index contributed by atoms with van der Waals surface area (Å²) in [5, 5.41) is 3.43. The Morgan fingerprint density at radius 2 is 2.05 bits per heavy atom. The number of aromatic nitrogens is 2. The van der Waals surface area contributed by atoms with Crippen molar-refractivity contribution >= 4 is 18.1 Å². The highest BCUT2D eigenvalue weighted by Gasteiger charge is 2.21. The van der Waals surface area contributed by atoms with Crippen LogP contribution in [0.3, 0.4) is 0 Å². The van der Waals surface area contributed by atoms with Gasteiger partial charge in [-0.15, -0.1) is 0 Å². The van der Waals surface area contributed by atoms with Crippen LogP contribution >= 0.6 is 0 Å². The van der Waals surface area contributed by atoms with Crippen molar-refractivity contribution in [2.45, 2.75) is 19.6 Å². The fourth-order valence-corrected chi connectivity index (χ4v) is 1.29. The molecule has 0 spiro atoms. The molecule has 10 heteroatoms. The molecule has 0 aliphatic carbocycles. The number of nitrogens with zero attached hydrogens (tertiary/aromatic N) is 2. The van der Waals surface area contributed by atoms with Crippen LogP contribution in [0, 0.1) is 6.92 Å². The van der Waals surface area contributed by atoms with Gasteiger partial charge < -0.3 is 10.6 Å². The van der Waals surface area contributed by atoms with Crippen molar-refractivity contribution < 1.29 is 27.6 Å². The normalized spacial score (nSPS) is 11.9. The highest BCUT2D eigenvalue weighted by atomic mass is 19.3. The smallest absolute Gasteiger partial charge is 0.287 e. The fraction of sp³-hybridized carbons (Fsp3) is 0.364. The van der Waals surface area contributed by atoms with Crippen LogP contribution in [0.4, 0.5) is 13.2 Å². The highest BCUT2D eigenvalue weighted by Crippen LogP contribution is 2.02. The zero-order valence-electron chi connectivity index (χ0n) is 10.8. The van der Waals surface area contributed by atoms with Gasteiger partial charge in [-0.1, -0.05) is 0 Å². The maximum absolute atomic E-state index is 12.5. The molecule has 0 saturated heterocycles. The fourth-order valence-electron chi connectivity index (χ4n) is 1.29. The third-order valence-electron chi connectivity index (χ3n) is 2.23. The first kappa shape index (κ1) is 16.5. The summed E-state index contributed by atoms with van der Waals surface area (Å²) in [5.74, 6) is -1.92. The predicted molar refractivity (Wildman–Crippen MR) is 63.5 cm³/mol. The number of halogens is 3. The molecule has 0 aliphatic heterocycles. The van der Waals surface area contributed by atoms with Crippen LogP contribution in [0.1, 0.15) is 26.7 Å². The van der Waals surface area contributed by atoms with E-state index in [1.165, 1.54) is 12.2 Å². The molecule has 7 nitrogen and oxygen atoms in total. The molecule has 2 amide bonds. The molecule has 0 aromatic carbocycles. The Bertz CT molecular complexity index is 554. The van der Waals surface area contributed by atoms with Gasteiger partial charge in [-0.25, -0.2) is 23.1 Å². The molecule has 2 N–H and O–H groups in total. The second-order valence-electron chi connectivity index (χ2n) is 3.83. The third-order valence-corrected chi connectivity index (χ3v) is 2.23. The maximum atomic E-state index is 12.5. The van der Waals surface area contributed by atoms with E-state index < -0.39 is 31.1 Å². The van der Waals surface area contributed by atoms with Gasteiger partial charge in [0.05, 0.1) is 18.4 Å². The number of rotatable bonds is 6. The summed E-state index contributed by atoms with van der Waals surface area (Å²) in [6, 6.07) is 0. The Morgan fingerprint density at radius 1 is 1.38 bits per heavy atom. The Hall–Kier alpha value is -2.52. The Balaban J connectivity index is 2.58. The molecule has 0 radical (unpaired) electrons. The van der Waals surface area contributed by atoms with Gasteiger partial charge in [-0.3, -0.25) is 14.4 Å². The topological polar surface area (TPSA) is 101 Å². The Kier molecular flexibility index (Phi) is 5.76. The SMILES string of the molecule is Cc1nc(C=O)cnc1C(=O)NCC(=O)NC(F)C(F)F. The standard InChI is InChI=1S/C11H11F3N4O3/c1-5-8(15-2-6(4-19)17-5)11(21)16-3-7(20)18-10(14)9(12)13/h2,4,9-10H,3H2,1H3,(H,16,21)(H,18,20). The number of aldehydes is 1. The number of hydrogen-bond acceptors (Lipinski definition) is 5. The van der Waals surface area contributed by atoms with E-state index in [9.17, 15) is 27.6 Å². The Labute approximate surface area is 117 Å². The van der Waals surface area contributed by atoms with Crippen LogP contribution < -0.4 is 10.6 Å². The van der Waals surface area contributed by atoms with Crippen LogP contribution in [0.2, 0.25) is 0 Å². The molecule has 1 rings (SSSR count). The summed E-state index contributed by atoms with van der Waals surface area (Å²) >= 11 is 0. The monoisotopic (exact) mass is 304 g/mol.